The maximum Gasteiger partial charge on any atom is 0.335 e. The number of aliphatic hydroxyl groups is 1. The van der Waals surface area contributed by atoms with Gasteiger partial charge in [-0.2, -0.15) is 0 Å². The fourth-order valence-corrected chi connectivity index (χ4v) is 6.03. The van der Waals surface area contributed by atoms with Crippen LogP contribution in [0.1, 0.15) is 73.1 Å². The molecular formula is C30H23Cl3FNO5. The number of nitrogens with zero attached hydrogens (tertiary/aromatic N) is 1. The molecule has 0 unspecified atom stereocenters. The zero-order valence-corrected chi connectivity index (χ0v) is 23.0. The van der Waals surface area contributed by atoms with Crippen LogP contribution in [0.2, 0.25) is 15.1 Å². The predicted molar refractivity (Wildman–Crippen MR) is 149 cm³/mol. The summed E-state index contributed by atoms with van der Waals surface area (Å²) in [7, 11) is 0. The van der Waals surface area contributed by atoms with Crippen LogP contribution >= 0.6 is 34.8 Å². The van der Waals surface area contributed by atoms with Gasteiger partial charge in [0.05, 0.1) is 34.5 Å². The van der Waals surface area contributed by atoms with Gasteiger partial charge in [0, 0.05) is 23.1 Å². The van der Waals surface area contributed by atoms with Gasteiger partial charge in [-0.15, -0.1) is 0 Å². The van der Waals surface area contributed by atoms with E-state index in [9.17, 15) is 15.0 Å². The number of rotatable bonds is 8. The number of hydrogen-bond donors (Lipinski definition) is 2. The molecule has 1 aromatic heterocycles. The standard InChI is InChI=1S/C30H23Cl3FNO5/c31-21-5-2-6-22(32)26(21)27-19(28(40-35-27)15-7-8-15)14-39-25-11-23(33)20(10-24(25)34)30(38)12-18(13-30)16-3-1-4-17(9-16)29(36)37/h1-6,9-11,15,18,38H,7-8,12-14H2,(H,36,37)/i14D2. The number of carboxylic acids is 1. The summed E-state index contributed by atoms with van der Waals surface area (Å²) in [4.78, 5) is 11.3. The van der Waals surface area contributed by atoms with E-state index >= 15 is 4.39 Å². The van der Waals surface area contributed by atoms with Crippen LogP contribution in [0.4, 0.5) is 4.39 Å². The second-order valence-electron chi connectivity index (χ2n) is 10.2. The molecule has 40 heavy (non-hydrogen) atoms. The summed E-state index contributed by atoms with van der Waals surface area (Å²) in [6.07, 6.45) is 1.93. The Kier molecular flexibility index (Phi) is 6.40. The molecule has 1 heterocycles. The van der Waals surface area contributed by atoms with Crippen molar-refractivity contribution in [2.45, 2.75) is 49.7 Å². The number of hydrogen-bond acceptors (Lipinski definition) is 5. The summed E-state index contributed by atoms with van der Waals surface area (Å²) in [6.45, 7) is -2.63. The third-order valence-electron chi connectivity index (χ3n) is 7.43. The average molecular weight is 605 g/mol. The number of halogens is 4. The molecule has 4 aromatic rings. The fourth-order valence-electron chi connectivity index (χ4n) is 5.13. The molecule has 2 fully saturated rings. The maximum atomic E-state index is 15.5. The van der Waals surface area contributed by atoms with Crippen LogP contribution in [-0.2, 0) is 12.2 Å². The Balaban J connectivity index is 1.29. The molecule has 3 aromatic carbocycles. The van der Waals surface area contributed by atoms with Crippen molar-refractivity contribution in [1.29, 1.82) is 0 Å². The molecule has 0 atom stereocenters. The summed E-state index contributed by atoms with van der Waals surface area (Å²) in [6, 6.07) is 13.5. The van der Waals surface area contributed by atoms with Crippen molar-refractivity contribution in [2.24, 2.45) is 0 Å². The minimum absolute atomic E-state index is 0.00968. The third kappa shape index (κ3) is 4.96. The number of aromatic carboxylic acids is 1. The fraction of sp³-hybridized carbons (Fsp3) is 0.267. The van der Waals surface area contributed by atoms with E-state index in [-0.39, 0.29) is 73.5 Å². The molecule has 2 N–H and O–H groups in total. The monoisotopic (exact) mass is 603 g/mol. The summed E-state index contributed by atoms with van der Waals surface area (Å²) in [5.41, 5.74) is -0.151. The summed E-state index contributed by atoms with van der Waals surface area (Å²) in [5.74, 6) is -2.40. The Bertz CT molecular complexity index is 1700. The maximum absolute atomic E-state index is 15.5. The highest BCUT2D eigenvalue weighted by Crippen LogP contribution is 2.53. The van der Waals surface area contributed by atoms with Crippen molar-refractivity contribution < 1.29 is 31.4 Å². The van der Waals surface area contributed by atoms with Gasteiger partial charge in [0.2, 0.25) is 0 Å². The van der Waals surface area contributed by atoms with E-state index in [0.717, 1.165) is 30.5 Å². The van der Waals surface area contributed by atoms with E-state index in [1.165, 1.54) is 6.07 Å². The first-order valence-corrected chi connectivity index (χ1v) is 13.7. The Morgan fingerprint density at radius 1 is 1.07 bits per heavy atom. The highest BCUT2D eigenvalue weighted by atomic mass is 35.5. The Morgan fingerprint density at radius 2 is 1.77 bits per heavy atom. The van der Waals surface area contributed by atoms with Gasteiger partial charge in [0.25, 0.3) is 0 Å². The zero-order valence-electron chi connectivity index (χ0n) is 22.8. The van der Waals surface area contributed by atoms with E-state index in [1.54, 1.807) is 36.4 Å². The van der Waals surface area contributed by atoms with Crippen LogP contribution in [0, 0.1) is 5.82 Å². The number of carbonyl (C=O) groups is 1. The zero-order chi connectivity index (χ0) is 30.0. The molecule has 0 radical (unpaired) electrons. The number of benzene rings is 3. The number of ether oxygens (including phenoxy) is 1. The van der Waals surface area contributed by atoms with Gasteiger partial charge in [0.1, 0.15) is 18.0 Å². The average Bonchev–Trinajstić information content (AvgIpc) is 3.67. The Hall–Kier alpha value is -3.10. The van der Waals surface area contributed by atoms with E-state index < -0.39 is 29.7 Å². The minimum Gasteiger partial charge on any atom is -0.486 e. The van der Waals surface area contributed by atoms with Gasteiger partial charge in [-0.05, 0) is 67.5 Å². The first-order chi connectivity index (χ1) is 19.9. The molecule has 10 heteroatoms. The van der Waals surface area contributed by atoms with Crippen LogP contribution in [0.3, 0.4) is 0 Å². The lowest BCUT2D eigenvalue weighted by Crippen LogP contribution is -2.40. The van der Waals surface area contributed by atoms with E-state index in [0.29, 0.717) is 0 Å². The quantitative estimate of drug-likeness (QED) is 0.210. The lowest BCUT2D eigenvalue weighted by molar-refractivity contribution is -0.0551. The summed E-state index contributed by atoms with van der Waals surface area (Å²) >= 11 is 19.3. The van der Waals surface area contributed by atoms with Gasteiger partial charge in [-0.25, -0.2) is 9.18 Å². The smallest absolute Gasteiger partial charge is 0.335 e. The number of aromatic nitrogens is 1. The Labute approximate surface area is 247 Å². The second-order valence-corrected chi connectivity index (χ2v) is 11.4. The van der Waals surface area contributed by atoms with Crippen LogP contribution in [0.25, 0.3) is 11.3 Å². The van der Waals surface area contributed by atoms with Crippen molar-refractivity contribution in [3.05, 3.63) is 103 Å². The highest BCUT2D eigenvalue weighted by molar-refractivity contribution is 6.39. The van der Waals surface area contributed by atoms with Crippen LogP contribution in [-0.4, -0.2) is 21.3 Å². The van der Waals surface area contributed by atoms with Gasteiger partial charge in [-0.3, -0.25) is 0 Å². The van der Waals surface area contributed by atoms with Crippen LogP contribution in [0.5, 0.6) is 5.75 Å². The van der Waals surface area contributed by atoms with Gasteiger partial charge in [0.15, 0.2) is 11.6 Å². The first kappa shape index (κ1) is 24.7. The van der Waals surface area contributed by atoms with Gasteiger partial charge < -0.3 is 19.5 Å². The molecule has 6 rings (SSSR count). The molecule has 6 nitrogen and oxygen atoms in total. The first-order valence-electron chi connectivity index (χ1n) is 13.6. The molecule has 0 aliphatic heterocycles. The third-order valence-corrected chi connectivity index (χ3v) is 8.37. The van der Waals surface area contributed by atoms with Crippen LogP contribution < -0.4 is 4.74 Å². The van der Waals surface area contributed by atoms with Crippen molar-refractivity contribution >= 4 is 40.8 Å². The molecule has 2 saturated carbocycles. The van der Waals surface area contributed by atoms with E-state index in [4.69, 9.17) is 46.8 Å². The topological polar surface area (TPSA) is 92.8 Å². The van der Waals surface area contributed by atoms with Gasteiger partial charge in [-0.1, -0.05) is 58.2 Å². The van der Waals surface area contributed by atoms with Crippen LogP contribution in [0.15, 0.2) is 59.1 Å². The highest BCUT2D eigenvalue weighted by Gasteiger charge is 2.46. The minimum atomic E-state index is -2.63. The molecule has 0 amide bonds. The normalized spacial score (nSPS) is 21.4. The molecule has 206 valence electrons. The largest absolute Gasteiger partial charge is 0.486 e. The molecular weight excluding hydrogens is 580 g/mol. The molecule has 2 aliphatic carbocycles. The van der Waals surface area contributed by atoms with Crippen molar-refractivity contribution in [1.82, 2.24) is 5.16 Å². The lowest BCUT2D eigenvalue weighted by Gasteiger charge is -2.44. The molecule has 0 saturated heterocycles. The SMILES string of the molecule is [2H]C([2H])(Oc1cc(Cl)c(C2(O)CC(c3cccc(C(=O)O)c3)C2)cc1F)c1c(-c2c(Cl)cccc2Cl)noc1C1CC1. The second kappa shape index (κ2) is 10.4. The van der Waals surface area contributed by atoms with Crippen molar-refractivity contribution in [3.63, 3.8) is 0 Å². The molecule has 0 bridgehead atoms. The lowest BCUT2D eigenvalue weighted by atomic mass is 9.65. The summed E-state index contributed by atoms with van der Waals surface area (Å²) < 4.78 is 44.3. The van der Waals surface area contributed by atoms with E-state index in [1.807, 2.05) is 0 Å². The van der Waals surface area contributed by atoms with Crippen molar-refractivity contribution in [3.8, 4) is 17.0 Å². The molecule has 2 aliphatic rings. The molecule has 0 spiro atoms. The predicted octanol–water partition coefficient (Wildman–Crippen LogP) is 8.36. The summed E-state index contributed by atoms with van der Waals surface area (Å²) in [5, 5.41) is 25.1. The Morgan fingerprint density at radius 3 is 2.45 bits per heavy atom. The van der Waals surface area contributed by atoms with Gasteiger partial charge >= 0.3 is 5.97 Å². The van der Waals surface area contributed by atoms with Crippen molar-refractivity contribution in [2.75, 3.05) is 0 Å². The van der Waals surface area contributed by atoms with E-state index in [2.05, 4.69) is 5.16 Å². The number of carboxylic acid groups (broad SMARTS) is 1.